The molecule has 144 valence electrons. The SMILES string of the molecule is CO[C@@H](C(=O)NC1CCCCNC1=O)[C@@H](O)[C@@H](O)[C@H](O)/C=C/C(C)C. The van der Waals surface area contributed by atoms with E-state index >= 15 is 0 Å². The minimum atomic E-state index is -1.65. The first-order chi connectivity index (χ1) is 11.8. The van der Waals surface area contributed by atoms with E-state index in [0.717, 1.165) is 12.8 Å². The lowest BCUT2D eigenvalue weighted by Gasteiger charge is -2.28. The number of methoxy groups -OCH3 is 1. The van der Waals surface area contributed by atoms with Gasteiger partial charge in [-0.1, -0.05) is 26.0 Å². The number of hydrogen-bond acceptors (Lipinski definition) is 6. The lowest BCUT2D eigenvalue weighted by Crippen LogP contribution is -2.55. The van der Waals surface area contributed by atoms with Gasteiger partial charge < -0.3 is 30.7 Å². The number of nitrogens with one attached hydrogen (secondary N) is 2. The summed E-state index contributed by atoms with van der Waals surface area (Å²) < 4.78 is 4.99. The van der Waals surface area contributed by atoms with E-state index in [1.807, 2.05) is 13.8 Å². The van der Waals surface area contributed by atoms with Crippen LogP contribution < -0.4 is 10.6 Å². The van der Waals surface area contributed by atoms with Crippen LogP contribution in [0.2, 0.25) is 0 Å². The fourth-order valence-corrected chi connectivity index (χ4v) is 2.56. The van der Waals surface area contributed by atoms with Crippen LogP contribution in [0.3, 0.4) is 0 Å². The van der Waals surface area contributed by atoms with Crippen molar-refractivity contribution in [1.29, 1.82) is 0 Å². The van der Waals surface area contributed by atoms with Crippen molar-refractivity contribution in [3.63, 3.8) is 0 Å². The minimum absolute atomic E-state index is 0.161. The highest BCUT2D eigenvalue weighted by molar-refractivity contribution is 5.89. The summed E-state index contributed by atoms with van der Waals surface area (Å²) in [6.07, 6.45) is -0.851. The third-order valence-electron chi connectivity index (χ3n) is 4.07. The van der Waals surface area contributed by atoms with E-state index < -0.39 is 36.4 Å². The smallest absolute Gasteiger partial charge is 0.252 e. The Bertz CT molecular complexity index is 468. The van der Waals surface area contributed by atoms with Gasteiger partial charge in [0.05, 0.1) is 0 Å². The van der Waals surface area contributed by atoms with Crippen molar-refractivity contribution in [2.24, 2.45) is 5.92 Å². The molecule has 1 unspecified atom stereocenters. The molecular formula is C17H30N2O6. The van der Waals surface area contributed by atoms with E-state index in [9.17, 15) is 24.9 Å². The third-order valence-corrected chi connectivity index (χ3v) is 4.07. The third kappa shape index (κ3) is 6.74. The van der Waals surface area contributed by atoms with Gasteiger partial charge >= 0.3 is 0 Å². The zero-order valence-electron chi connectivity index (χ0n) is 15.0. The first-order valence-electron chi connectivity index (χ1n) is 8.61. The maximum atomic E-state index is 12.3. The van der Waals surface area contributed by atoms with Gasteiger partial charge in [-0.2, -0.15) is 0 Å². The largest absolute Gasteiger partial charge is 0.387 e. The summed E-state index contributed by atoms with van der Waals surface area (Å²) in [6, 6.07) is -0.706. The zero-order chi connectivity index (χ0) is 19.0. The number of ether oxygens (including phenoxy) is 1. The number of carbonyl (C=O) groups is 2. The maximum absolute atomic E-state index is 12.3. The molecule has 5 N–H and O–H groups in total. The lowest BCUT2D eigenvalue weighted by atomic mass is 10.0. The quantitative estimate of drug-likeness (QED) is 0.357. The molecule has 5 atom stereocenters. The normalized spacial score (nSPS) is 23.6. The van der Waals surface area contributed by atoms with E-state index in [0.29, 0.717) is 13.0 Å². The van der Waals surface area contributed by atoms with Crippen LogP contribution in [0.1, 0.15) is 33.1 Å². The second kappa shape index (κ2) is 10.5. The van der Waals surface area contributed by atoms with E-state index in [-0.39, 0.29) is 11.8 Å². The van der Waals surface area contributed by atoms with Crippen LogP contribution in [-0.2, 0) is 14.3 Å². The Morgan fingerprint density at radius 1 is 1.24 bits per heavy atom. The minimum Gasteiger partial charge on any atom is -0.387 e. The van der Waals surface area contributed by atoms with Gasteiger partial charge in [-0.25, -0.2) is 0 Å². The highest BCUT2D eigenvalue weighted by Crippen LogP contribution is 2.12. The predicted octanol–water partition coefficient (Wildman–Crippen LogP) is -0.919. The molecule has 0 aliphatic carbocycles. The molecule has 1 aliphatic heterocycles. The summed E-state index contributed by atoms with van der Waals surface area (Å²) in [6.45, 7) is 4.36. The second-order valence-corrected chi connectivity index (χ2v) is 6.60. The monoisotopic (exact) mass is 358 g/mol. The molecule has 8 heteroatoms. The molecule has 8 nitrogen and oxygen atoms in total. The molecule has 25 heavy (non-hydrogen) atoms. The fraction of sp³-hybridized carbons (Fsp3) is 0.765. The number of carbonyl (C=O) groups excluding carboxylic acids is 2. The number of allylic oxidation sites excluding steroid dienone is 1. The molecule has 0 aromatic heterocycles. The summed E-state index contributed by atoms with van der Waals surface area (Å²) in [7, 11) is 1.21. The van der Waals surface area contributed by atoms with Crippen molar-refractivity contribution in [1.82, 2.24) is 10.6 Å². The summed E-state index contributed by atoms with van der Waals surface area (Å²) in [5.41, 5.74) is 0. The average Bonchev–Trinajstić information content (AvgIpc) is 2.77. The second-order valence-electron chi connectivity index (χ2n) is 6.60. The molecule has 2 amide bonds. The van der Waals surface area contributed by atoms with Crippen LogP contribution in [0.25, 0.3) is 0 Å². The number of rotatable bonds is 8. The van der Waals surface area contributed by atoms with Crippen LogP contribution in [0.4, 0.5) is 0 Å². The van der Waals surface area contributed by atoms with E-state index in [2.05, 4.69) is 10.6 Å². The standard InChI is InChI=1S/C17H30N2O6/c1-10(2)7-8-12(20)13(21)14(22)15(25-3)17(24)19-11-6-4-5-9-18-16(11)23/h7-8,10-15,20-22H,4-6,9H2,1-3H3,(H,18,23)(H,19,24)/b8-7+/t11?,12-,13+,14+,15-/m1/s1. The Balaban J connectivity index is 2.71. The van der Waals surface area contributed by atoms with E-state index in [4.69, 9.17) is 4.74 Å². The van der Waals surface area contributed by atoms with Gasteiger partial charge in [-0.3, -0.25) is 9.59 Å². The van der Waals surface area contributed by atoms with Crippen molar-refractivity contribution >= 4 is 11.8 Å². The first kappa shape index (κ1) is 21.6. The number of hydrogen-bond donors (Lipinski definition) is 5. The first-order valence-corrected chi connectivity index (χ1v) is 8.61. The van der Waals surface area contributed by atoms with Gasteiger partial charge in [0.2, 0.25) is 5.91 Å². The van der Waals surface area contributed by atoms with Gasteiger partial charge in [0.25, 0.3) is 5.91 Å². The van der Waals surface area contributed by atoms with Crippen molar-refractivity contribution in [3.05, 3.63) is 12.2 Å². The topological polar surface area (TPSA) is 128 Å². The molecule has 0 bridgehead atoms. The van der Waals surface area contributed by atoms with Gasteiger partial charge in [-0.05, 0) is 25.2 Å². The van der Waals surface area contributed by atoms with Crippen LogP contribution in [0.5, 0.6) is 0 Å². The Kier molecular flexibility index (Phi) is 9.05. The highest BCUT2D eigenvalue weighted by Gasteiger charge is 2.36. The van der Waals surface area contributed by atoms with Gasteiger partial charge in [0.1, 0.15) is 24.4 Å². The fourth-order valence-electron chi connectivity index (χ4n) is 2.56. The van der Waals surface area contributed by atoms with Crippen molar-refractivity contribution in [3.8, 4) is 0 Å². The van der Waals surface area contributed by atoms with Crippen LogP contribution in [0, 0.1) is 5.92 Å². The molecular weight excluding hydrogens is 328 g/mol. The molecule has 1 fully saturated rings. The molecule has 0 saturated carbocycles. The molecule has 1 saturated heterocycles. The Morgan fingerprint density at radius 3 is 2.52 bits per heavy atom. The predicted molar refractivity (Wildman–Crippen MR) is 91.6 cm³/mol. The summed E-state index contributed by atoms with van der Waals surface area (Å²) in [5, 5.41) is 35.4. The molecule has 0 aromatic carbocycles. The van der Waals surface area contributed by atoms with E-state index in [1.165, 1.54) is 13.2 Å². The molecule has 0 spiro atoms. The summed E-state index contributed by atoms with van der Waals surface area (Å²) in [5.74, 6) is -0.832. The number of amides is 2. The molecule has 1 rings (SSSR count). The van der Waals surface area contributed by atoms with Crippen molar-refractivity contribution in [2.45, 2.75) is 63.6 Å². The Hall–Kier alpha value is -1.48. The Morgan fingerprint density at radius 2 is 1.92 bits per heavy atom. The zero-order valence-corrected chi connectivity index (χ0v) is 15.0. The van der Waals surface area contributed by atoms with Crippen molar-refractivity contribution in [2.75, 3.05) is 13.7 Å². The van der Waals surface area contributed by atoms with Crippen LogP contribution >= 0.6 is 0 Å². The van der Waals surface area contributed by atoms with Gasteiger partial charge in [0, 0.05) is 13.7 Å². The summed E-state index contributed by atoms with van der Waals surface area (Å²) in [4.78, 5) is 24.2. The van der Waals surface area contributed by atoms with E-state index in [1.54, 1.807) is 6.08 Å². The van der Waals surface area contributed by atoms with Gasteiger partial charge in [0.15, 0.2) is 6.10 Å². The average molecular weight is 358 g/mol. The highest BCUT2D eigenvalue weighted by atomic mass is 16.5. The van der Waals surface area contributed by atoms with Crippen LogP contribution in [0.15, 0.2) is 12.2 Å². The summed E-state index contributed by atoms with van der Waals surface area (Å²) >= 11 is 0. The number of aliphatic hydroxyl groups excluding tert-OH is 3. The van der Waals surface area contributed by atoms with Gasteiger partial charge in [-0.15, -0.1) is 0 Å². The lowest BCUT2D eigenvalue weighted by molar-refractivity contribution is -0.150. The van der Waals surface area contributed by atoms with Crippen LogP contribution in [-0.4, -0.2) is 71.2 Å². The molecule has 0 radical (unpaired) electrons. The Labute approximate surface area is 148 Å². The molecule has 0 aromatic rings. The molecule has 1 aliphatic rings. The number of aliphatic hydroxyl groups is 3. The maximum Gasteiger partial charge on any atom is 0.252 e. The molecule has 1 heterocycles. The van der Waals surface area contributed by atoms with Crippen molar-refractivity contribution < 1.29 is 29.6 Å².